The molecule has 0 radical (unpaired) electrons. The third kappa shape index (κ3) is 2.55. The Hall–Kier alpha value is -0.930. The van der Waals surface area contributed by atoms with Gasteiger partial charge in [0.25, 0.3) is 0 Å². The summed E-state index contributed by atoms with van der Waals surface area (Å²) in [6.45, 7) is 4.67. The molecule has 0 atom stereocenters. The second kappa shape index (κ2) is 4.29. The Kier molecular flexibility index (Phi) is 3.03. The molecule has 1 N–H and O–H groups in total. The van der Waals surface area contributed by atoms with Crippen LogP contribution in [-0.2, 0) is 6.42 Å². The molecule has 15 heavy (non-hydrogen) atoms. The number of hydrogen-bond donors (Lipinski definition) is 1. The summed E-state index contributed by atoms with van der Waals surface area (Å²) in [5.41, 5.74) is 0.717. The quantitative estimate of drug-likeness (QED) is 0.801. The Morgan fingerprint density at radius 3 is 2.87 bits per heavy atom. The van der Waals surface area contributed by atoms with E-state index in [1.165, 1.54) is 0 Å². The number of hydrogen-bond acceptors (Lipinski definition) is 3. The second-order valence-corrected chi connectivity index (χ2v) is 4.36. The van der Waals surface area contributed by atoms with Gasteiger partial charge < -0.3 is 5.11 Å². The number of likely N-dealkylation sites (tertiary alicyclic amines) is 1. The van der Waals surface area contributed by atoms with Gasteiger partial charge in [0.2, 0.25) is 0 Å². The molecule has 2 heterocycles. The van der Waals surface area contributed by atoms with Crippen LogP contribution in [0, 0.1) is 0 Å². The molecule has 3 nitrogen and oxygen atoms in total. The molecule has 82 valence electrons. The highest BCUT2D eigenvalue weighted by Crippen LogP contribution is 2.23. The van der Waals surface area contributed by atoms with Crippen LogP contribution in [0.5, 0.6) is 0 Å². The summed E-state index contributed by atoms with van der Waals surface area (Å²) in [5, 5.41) is 9.83. The minimum atomic E-state index is -0.413. The molecule has 2 rings (SSSR count). The summed E-state index contributed by atoms with van der Waals surface area (Å²) in [4.78, 5) is 6.55. The predicted molar refractivity (Wildman–Crippen MR) is 59.6 cm³/mol. The maximum absolute atomic E-state index is 9.83. The minimum Gasteiger partial charge on any atom is -0.387 e. The summed E-state index contributed by atoms with van der Waals surface area (Å²) in [5.74, 6) is 0. The van der Waals surface area contributed by atoms with Crippen molar-refractivity contribution in [3.63, 3.8) is 0 Å². The Bertz CT molecular complexity index is 307. The fourth-order valence-corrected chi connectivity index (χ4v) is 1.99. The maximum Gasteiger partial charge on any atom is 0.0897 e. The van der Waals surface area contributed by atoms with Crippen molar-refractivity contribution in [2.45, 2.75) is 25.4 Å². The van der Waals surface area contributed by atoms with Gasteiger partial charge in [0.15, 0.2) is 0 Å². The lowest BCUT2D eigenvalue weighted by molar-refractivity contribution is -0.0986. The van der Waals surface area contributed by atoms with E-state index in [0.717, 1.165) is 38.2 Å². The van der Waals surface area contributed by atoms with Crippen LogP contribution in [0.25, 0.3) is 0 Å². The molecule has 3 heteroatoms. The lowest BCUT2D eigenvalue weighted by atomic mass is 9.91. The first kappa shape index (κ1) is 10.6. The van der Waals surface area contributed by atoms with E-state index in [-0.39, 0.29) is 0 Å². The van der Waals surface area contributed by atoms with Gasteiger partial charge in [-0.05, 0) is 18.6 Å². The third-order valence-electron chi connectivity index (χ3n) is 3.10. The fourth-order valence-electron chi connectivity index (χ4n) is 1.99. The SMILES string of the molecule is CCC1(O)CN(CCc2ccccn2)C1. The van der Waals surface area contributed by atoms with Crippen molar-refractivity contribution < 1.29 is 5.11 Å². The number of nitrogens with zero attached hydrogens (tertiary/aromatic N) is 2. The smallest absolute Gasteiger partial charge is 0.0897 e. The first-order valence-corrected chi connectivity index (χ1v) is 5.56. The van der Waals surface area contributed by atoms with E-state index in [1.54, 1.807) is 0 Å². The van der Waals surface area contributed by atoms with E-state index in [1.807, 2.05) is 31.3 Å². The van der Waals surface area contributed by atoms with E-state index in [4.69, 9.17) is 0 Å². The van der Waals surface area contributed by atoms with Gasteiger partial charge in [0, 0.05) is 37.9 Å². The molecule has 0 spiro atoms. The summed E-state index contributed by atoms with van der Waals surface area (Å²) in [6, 6.07) is 6.00. The Balaban J connectivity index is 1.73. The molecule has 0 aromatic carbocycles. The van der Waals surface area contributed by atoms with Gasteiger partial charge in [-0.25, -0.2) is 0 Å². The van der Waals surface area contributed by atoms with Gasteiger partial charge in [-0.15, -0.1) is 0 Å². The standard InChI is InChI=1S/C12H18N2O/c1-2-12(15)9-14(10-12)8-6-11-5-3-4-7-13-11/h3-5,7,15H,2,6,8-10H2,1H3. The summed E-state index contributed by atoms with van der Waals surface area (Å²) >= 11 is 0. The van der Waals surface area contributed by atoms with Crippen LogP contribution < -0.4 is 0 Å². The first-order chi connectivity index (χ1) is 7.22. The molecule has 0 amide bonds. The highest BCUT2D eigenvalue weighted by Gasteiger charge is 2.38. The zero-order valence-corrected chi connectivity index (χ0v) is 9.19. The van der Waals surface area contributed by atoms with Crippen LogP contribution in [0.1, 0.15) is 19.0 Å². The normalized spacial score (nSPS) is 19.9. The van der Waals surface area contributed by atoms with E-state index in [9.17, 15) is 5.11 Å². The highest BCUT2D eigenvalue weighted by molar-refractivity contribution is 5.04. The molecule has 0 saturated carbocycles. The van der Waals surface area contributed by atoms with Crippen LogP contribution in [0.4, 0.5) is 0 Å². The lowest BCUT2D eigenvalue weighted by Gasteiger charge is -2.46. The molecule has 1 aromatic rings. The van der Waals surface area contributed by atoms with Gasteiger partial charge in [-0.1, -0.05) is 13.0 Å². The molecular weight excluding hydrogens is 188 g/mol. The van der Waals surface area contributed by atoms with Gasteiger partial charge in [0.05, 0.1) is 5.60 Å². The topological polar surface area (TPSA) is 36.4 Å². The molecule has 1 saturated heterocycles. The van der Waals surface area contributed by atoms with Crippen LogP contribution in [-0.4, -0.2) is 40.2 Å². The fraction of sp³-hybridized carbons (Fsp3) is 0.583. The average Bonchev–Trinajstić information content (AvgIpc) is 2.24. The van der Waals surface area contributed by atoms with E-state index in [2.05, 4.69) is 9.88 Å². The van der Waals surface area contributed by atoms with Crippen molar-refractivity contribution in [2.75, 3.05) is 19.6 Å². The Labute approximate surface area is 90.8 Å². The zero-order valence-electron chi connectivity index (χ0n) is 9.19. The van der Waals surface area contributed by atoms with Crippen LogP contribution in [0.3, 0.4) is 0 Å². The average molecular weight is 206 g/mol. The van der Waals surface area contributed by atoms with Crippen LogP contribution in [0.15, 0.2) is 24.4 Å². The summed E-state index contributed by atoms with van der Waals surface area (Å²) in [7, 11) is 0. The van der Waals surface area contributed by atoms with Crippen molar-refractivity contribution in [1.82, 2.24) is 9.88 Å². The molecule has 0 unspecified atom stereocenters. The Morgan fingerprint density at radius 1 is 1.47 bits per heavy atom. The van der Waals surface area contributed by atoms with Gasteiger partial charge in [-0.3, -0.25) is 9.88 Å². The maximum atomic E-state index is 9.83. The van der Waals surface area contributed by atoms with E-state index < -0.39 is 5.60 Å². The summed E-state index contributed by atoms with van der Waals surface area (Å²) in [6.07, 6.45) is 3.65. The molecule has 1 aromatic heterocycles. The van der Waals surface area contributed by atoms with Gasteiger partial charge in [-0.2, -0.15) is 0 Å². The second-order valence-electron chi connectivity index (χ2n) is 4.36. The third-order valence-corrected chi connectivity index (χ3v) is 3.10. The van der Waals surface area contributed by atoms with Crippen molar-refractivity contribution in [1.29, 1.82) is 0 Å². The number of aromatic nitrogens is 1. The van der Waals surface area contributed by atoms with Crippen molar-refractivity contribution in [3.05, 3.63) is 30.1 Å². The van der Waals surface area contributed by atoms with E-state index in [0.29, 0.717) is 0 Å². The molecule has 0 bridgehead atoms. The Morgan fingerprint density at radius 2 is 2.27 bits per heavy atom. The highest BCUT2D eigenvalue weighted by atomic mass is 16.3. The zero-order chi connectivity index (χ0) is 10.7. The lowest BCUT2D eigenvalue weighted by Crippen LogP contribution is -2.61. The number of β-amino-alcohol motifs (C(OH)–C–C–N with tert-alkyl or cyclic N) is 1. The molecule has 1 fully saturated rings. The molecular formula is C12H18N2O. The minimum absolute atomic E-state index is 0.413. The van der Waals surface area contributed by atoms with Crippen molar-refractivity contribution in [3.8, 4) is 0 Å². The number of rotatable bonds is 4. The van der Waals surface area contributed by atoms with Crippen molar-refractivity contribution >= 4 is 0 Å². The molecule has 1 aliphatic rings. The largest absolute Gasteiger partial charge is 0.387 e. The van der Waals surface area contributed by atoms with Gasteiger partial charge in [0.1, 0.15) is 0 Å². The molecule has 0 aliphatic carbocycles. The number of aliphatic hydroxyl groups is 1. The first-order valence-electron chi connectivity index (χ1n) is 5.56. The monoisotopic (exact) mass is 206 g/mol. The van der Waals surface area contributed by atoms with E-state index >= 15 is 0 Å². The number of pyridine rings is 1. The predicted octanol–water partition coefficient (Wildman–Crippen LogP) is 1.08. The van der Waals surface area contributed by atoms with Gasteiger partial charge >= 0.3 is 0 Å². The summed E-state index contributed by atoms with van der Waals surface area (Å²) < 4.78 is 0. The van der Waals surface area contributed by atoms with Crippen LogP contribution in [0.2, 0.25) is 0 Å². The molecule has 1 aliphatic heterocycles. The van der Waals surface area contributed by atoms with Crippen LogP contribution >= 0.6 is 0 Å². The van der Waals surface area contributed by atoms with Crippen molar-refractivity contribution in [2.24, 2.45) is 0 Å².